The fourth-order valence-corrected chi connectivity index (χ4v) is 3.00. The first-order valence-corrected chi connectivity index (χ1v) is 7.84. The van der Waals surface area contributed by atoms with Gasteiger partial charge in [0.25, 0.3) is 0 Å². The van der Waals surface area contributed by atoms with Gasteiger partial charge in [-0.1, -0.05) is 28.9 Å². The third-order valence-corrected chi connectivity index (χ3v) is 4.14. The number of halogens is 1. The van der Waals surface area contributed by atoms with Crippen LogP contribution in [0.3, 0.4) is 0 Å². The van der Waals surface area contributed by atoms with E-state index in [2.05, 4.69) is 56.3 Å². The number of aromatic nitrogens is 2. The monoisotopic (exact) mass is 337 g/mol. The maximum absolute atomic E-state index is 4.21. The van der Waals surface area contributed by atoms with Gasteiger partial charge < -0.3 is 5.32 Å². The fourth-order valence-electron chi connectivity index (χ4n) is 1.58. The maximum atomic E-state index is 4.21. The van der Waals surface area contributed by atoms with Crippen LogP contribution in [-0.4, -0.2) is 16.5 Å². The van der Waals surface area contributed by atoms with Crippen molar-refractivity contribution < 1.29 is 0 Å². The van der Waals surface area contributed by atoms with E-state index in [1.165, 1.54) is 5.56 Å². The SMILES string of the molecule is CCCNCc1ccc(Sc2ncccn2)cc1Br. The molecule has 3 nitrogen and oxygen atoms in total. The van der Waals surface area contributed by atoms with Crippen molar-refractivity contribution >= 4 is 27.7 Å². The van der Waals surface area contributed by atoms with Crippen molar-refractivity contribution in [1.82, 2.24) is 15.3 Å². The Hall–Kier alpha value is -0.910. The van der Waals surface area contributed by atoms with Gasteiger partial charge in [0.1, 0.15) is 0 Å². The van der Waals surface area contributed by atoms with E-state index in [-0.39, 0.29) is 0 Å². The van der Waals surface area contributed by atoms with E-state index in [1.54, 1.807) is 24.2 Å². The first kappa shape index (κ1) is 14.5. The molecule has 0 saturated heterocycles. The van der Waals surface area contributed by atoms with Crippen LogP contribution in [0.5, 0.6) is 0 Å². The average Bonchev–Trinajstić information content (AvgIpc) is 2.43. The van der Waals surface area contributed by atoms with E-state index >= 15 is 0 Å². The molecule has 0 aliphatic heterocycles. The number of nitrogens with one attached hydrogen (secondary N) is 1. The number of benzene rings is 1. The number of hydrogen-bond acceptors (Lipinski definition) is 4. The summed E-state index contributed by atoms with van der Waals surface area (Å²) in [6, 6.07) is 8.18. The van der Waals surface area contributed by atoms with Crippen LogP contribution in [0.2, 0.25) is 0 Å². The van der Waals surface area contributed by atoms with Crippen molar-refractivity contribution in [2.75, 3.05) is 6.54 Å². The molecule has 0 bridgehead atoms. The van der Waals surface area contributed by atoms with E-state index in [4.69, 9.17) is 0 Å². The predicted molar refractivity (Wildman–Crippen MR) is 82.3 cm³/mol. The van der Waals surface area contributed by atoms with Crippen molar-refractivity contribution in [2.24, 2.45) is 0 Å². The van der Waals surface area contributed by atoms with Crippen LogP contribution < -0.4 is 5.32 Å². The number of nitrogens with zero attached hydrogens (tertiary/aromatic N) is 2. The van der Waals surface area contributed by atoms with E-state index in [0.717, 1.165) is 34.0 Å². The standard InChI is InChI=1S/C14H16BrN3S/c1-2-6-16-10-11-4-5-12(9-13(11)15)19-14-17-7-3-8-18-14/h3-5,7-9,16H,2,6,10H2,1H3. The summed E-state index contributed by atoms with van der Waals surface area (Å²) in [5, 5.41) is 4.17. The van der Waals surface area contributed by atoms with E-state index in [1.807, 2.05) is 6.07 Å². The van der Waals surface area contributed by atoms with Gasteiger partial charge in [-0.05, 0) is 48.5 Å². The molecule has 0 aliphatic rings. The second-order valence-corrected chi connectivity index (χ2v) is 5.96. The molecule has 0 unspecified atom stereocenters. The van der Waals surface area contributed by atoms with Gasteiger partial charge >= 0.3 is 0 Å². The molecule has 0 spiro atoms. The zero-order valence-electron chi connectivity index (χ0n) is 10.8. The molecule has 1 aromatic heterocycles. The van der Waals surface area contributed by atoms with Gasteiger partial charge in [0, 0.05) is 28.3 Å². The normalized spacial score (nSPS) is 10.6. The molecule has 19 heavy (non-hydrogen) atoms. The Morgan fingerprint density at radius 3 is 2.74 bits per heavy atom. The molecule has 0 radical (unpaired) electrons. The van der Waals surface area contributed by atoms with Crippen LogP contribution in [0, 0.1) is 0 Å². The fraction of sp³-hybridized carbons (Fsp3) is 0.286. The first-order chi connectivity index (χ1) is 9.29. The molecule has 100 valence electrons. The van der Waals surface area contributed by atoms with Gasteiger partial charge in [-0.25, -0.2) is 9.97 Å². The quantitative estimate of drug-likeness (QED) is 0.641. The summed E-state index contributed by atoms with van der Waals surface area (Å²) in [6.45, 7) is 4.10. The van der Waals surface area contributed by atoms with Crippen LogP contribution in [-0.2, 0) is 6.54 Å². The number of hydrogen-bond donors (Lipinski definition) is 1. The molecule has 5 heteroatoms. The zero-order chi connectivity index (χ0) is 13.5. The Balaban J connectivity index is 2.02. The molecule has 0 aliphatic carbocycles. The lowest BCUT2D eigenvalue weighted by Crippen LogP contribution is -2.14. The minimum absolute atomic E-state index is 0.770. The summed E-state index contributed by atoms with van der Waals surface area (Å²) in [5.74, 6) is 0. The van der Waals surface area contributed by atoms with Crippen LogP contribution in [0.25, 0.3) is 0 Å². The topological polar surface area (TPSA) is 37.8 Å². The summed E-state index contributed by atoms with van der Waals surface area (Å²) >= 11 is 5.18. The minimum atomic E-state index is 0.770. The molecule has 0 atom stereocenters. The highest BCUT2D eigenvalue weighted by Gasteiger charge is 2.04. The molecule has 0 amide bonds. The van der Waals surface area contributed by atoms with Gasteiger partial charge in [0.2, 0.25) is 0 Å². The molecule has 1 heterocycles. The van der Waals surface area contributed by atoms with Gasteiger partial charge in [0.05, 0.1) is 0 Å². The highest BCUT2D eigenvalue weighted by Crippen LogP contribution is 2.28. The average molecular weight is 338 g/mol. The lowest BCUT2D eigenvalue weighted by atomic mass is 10.2. The molecule has 2 aromatic rings. The molecular weight excluding hydrogens is 322 g/mol. The molecule has 1 N–H and O–H groups in total. The summed E-state index contributed by atoms with van der Waals surface area (Å²) in [6.07, 6.45) is 4.66. The van der Waals surface area contributed by atoms with Crippen LogP contribution in [0.15, 0.2) is 51.2 Å². The Kier molecular flexibility index (Phi) is 5.82. The Labute approximate surface area is 126 Å². The Bertz CT molecular complexity index is 519. The first-order valence-electron chi connectivity index (χ1n) is 6.23. The van der Waals surface area contributed by atoms with Crippen molar-refractivity contribution in [3.05, 3.63) is 46.7 Å². The predicted octanol–water partition coefficient (Wildman–Crippen LogP) is 3.89. The van der Waals surface area contributed by atoms with E-state index in [0.29, 0.717) is 0 Å². The molecular formula is C14H16BrN3S. The van der Waals surface area contributed by atoms with E-state index in [9.17, 15) is 0 Å². The van der Waals surface area contributed by atoms with Crippen molar-refractivity contribution in [1.29, 1.82) is 0 Å². The summed E-state index contributed by atoms with van der Waals surface area (Å²) in [7, 11) is 0. The van der Waals surface area contributed by atoms with Gasteiger partial charge in [0.15, 0.2) is 5.16 Å². The maximum Gasteiger partial charge on any atom is 0.192 e. The van der Waals surface area contributed by atoms with Crippen LogP contribution in [0.1, 0.15) is 18.9 Å². The van der Waals surface area contributed by atoms with Crippen LogP contribution in [0.4, 0.5) is 0 Å². The second kappa shape index (κ2) is 7.62. The number of rotatable bonds is 6. The van der Waals surface area contributed by atoms with Crippen molar-refractivity contribution in [3.63, 3.8) is 0 Å². The van der Waals surface area contributed by atoms with Gasteiger partial charge in [-0.3, -0.25) is 0 Å². The molecule has 1 aromatic carbocycles. The molecule has 0 fully saturated rings. The summed E-state index contributed by atoms with van der Waals surface area (Å²) in [5.41, 5.74) is 1.27. The smallest absolute Gasteiger partial charge is 0.192 e. The molecule has 0 saturated carbocycles. The summed E-state index contributed by atoms with van der Waals surface area (Å²) < 4.78 is 1.12. The second-order valence-electron chi connectivity index (χ2n) is 4.06. The lowest BCUT2D eigenvalue weighted by molar-refractivity contribution is 0.673. The third kappa shape index (κ3) is 4.60. The van der Waals surface area contributed by atoms with Crippen LogP contribution >= 0.6 is 27.7 Å². The third-order valence-electron chi connectivity index (χ3n) is 2.52. The van der Waals surface area contributed by atoms with Crippen molar-refractivity contribution in [3.8, 4) is 0 Å². The van der Waals surface area contributed by atoms with Crippen molar-refractivity contribution in [2.45, 2.75) is 29.9 Å². The van der Waals surface area contributed by atoms with Gasteiger partial charge in [-0.15, -0.1) is 0 Å². The largest absolute Gasteiger partial charge is 0.313 e. The highest BCUT2D eigenvalue weighted by molar-refractivity contribution is 9.10. The van der Waals surface area contributed by atoms with E-state index < -0.39 is 0 Å². The highest BCUT2D eigenvalue weighted by atomic mass is 79.9. The Morgan fingerprint density at radius 1 is 1.26 bits per heavy atom. The molecule has 2 rings (SSSR count). The van der Waals surface area contributed by atoms with Gasteiger partial charge in [-0.2, -0.15) is 0 Å². The lowest BCUT2D eigenvalue weighted by Gasteiger charge is -2.07. The minimum Gasteiger partial charge on any atom is -0.313 e. The Morgan fingerprint density at radius 2 is 2.05 bits per heavy atom. The summed E-state index contributed by atoms with van der Waals surface area (Å²) in [4.78, 5) is 9.56. The zero-order valence-corrected chi connectivity index (χ0v) is 13.2.